The zero-order valence-electron chi connectivity index (χ0n) is 19.1. The lowest BCUT2D eigenvalue weighted by Gasteiger charge is -2.42. The van der Waals surface area contributed by atoms with Crippen molar-refractivity contribution in [1.29, 1.82) is 0 Å². The molecule has 2 aromatic rings. The highest BCUT2D eigenvalue weighted by Crippen LogP contribution is 2.29. The molecule has 1 aliphatic rings. The molecular weight excluding hydrogens is 526 g/mol. The summed E-state index contributed by atoms with van der Waals surface area (Å²) in [6, 6.07) is 1.83. The molecule has 2 heterocycles. The summed E-state index contributed by atoms with van der Waals surface area (Å²) in [5.41, 5.74) is -0.397. The molecule has 1 aromatic heterocycles. The fourth-order valence-electron chi connectivity index (χ4n) is 3.44. The van der Waals surface area contributed by atoms with E-state index in [-0.39, 0.29) is 43.0 Å². The summed E-state index contributed by atoms with van der Waals surface area (Å²) in [5.74, 6) is 0.169. The zero-order valence-corrected chi connectivity index (χ0v) is 21.5. The minimum absolute atomic E-state index is 0.171. The average molecular weight is 552 g/mol. The van der Waals surface area contributed by atoms with Gasteiger partial charge in [0.2, 0.25) is 29.1 Å². The van der Waals surface area contributed by atoms with Crippen LogP contribution in [0.2, 0.25) is 0 Å². The Morgan fingerprint density at radius 3 is 2.23 bits per heavy atom. The summed E-state index contributed by atoms with van der Waals surface area (Å²) >= 11 is -2.15. The SMILES string of the molecule is CC1CN(S(=O)O)C(C)CN1c1nc(Nc2cc(S(=O)(=O)O)ccc2S(=O)(=O)O)nc(N(C)C)n1. The molecule has 0 spiro atoms. The van der Waals surface area contributed by atoms with Crippen molar-refractivity contribution in [2.75, 3.05) is 42.3 Å². The first kappa shape index (κ1) is 27.1. The van der Waals surface area contributed by atoms with Crippen molar-refractivity contribution in [2.45, 2.75) is 35.7 Å². The van der Waals surface area contributed by atoms with Gasteiger partial charge in [-0.15, -0.1) is 0 Å². The first-order valence-corrected chi connectivity index (χ1v) is 14.0. The molecule has 0 bridgehead atoms. The standard InChI is InChI=1S/C17H25N7O8S3/c1-10-9-24(33(25)26)11(2)8-23(10)17-20-15(19-16(21-17)22(3)4)18-13-7-12(34(27,28)29)5-6-14(13)35(30,31)32/h5-7,10-11H,8-9H2,1-4H3,(H,25,26)(H,27,28,29)(H,30,31,32)(H,18,19,20,21). The van der Waals surface area contributed by atoms with Crippen molar-refractivity contribution in [2.24, 2.45) is 0 Å². The molecule has 0 radical (unpaired) electrons. The minimum atomic E-state index is -4.79. The molecule has 1 saturated heterocycles. The lowest BCUT2D eigenvalue weighted by molar-refractivity contribution is 0.266. The fraction of sp³-hybridized carbons (Fsp3) is 0.471. The van der Waals surface area contributed by atoms with Crippen LogP contribution in [0, 0.1) is 0 Å². The predicted octanol–water partition coefficient (Wildman–Crippen LogP) is 0.210. The summed E-state index contributed by atoms with van der Waals surface area (Å²) in [6.45, 7) is 4.10. The second kappa shape index (κ2) is 9.88. The Morgan fingerprint density at radius 2 is 1.69 bits per heavy atom. The van der Waals surface area contributed by atoms with Gasteiger partial charge in [-0.1, -0.05) is 0 Å². The monoisotopic (exact) mass is 551 g/mol. The van der Waals surface area contributed by atoms with Crippen LogP contribution in [0.1, 0.15) is 13.8 Å². The van der Waals surface area contributed by atoms with Crippen LogP contribution in [-0.2, 0) is 31.5 Å². The minimum Gasteiger partial charge on any atom is -0.347 e. The van der Waals surface area contributed by atoms with Gasteiger partial charge in [-0.05, 0) is 32.0 Å². The number of hydrogen-bond donors (Lipinski definition) is 4. The van der Waals surface area contributed by atoms with E-state index < -0.39 is 47.0 Å². The van der Waals surface area contributed by atoms with Crippen LogP contribution in [0.3, 0.4) is 0 Å². The summed E-state index contributed by atoms with van der Waals surface area (Å²) < 4.78 is 88.3. The maximum Gasteiger partial charge on any atom is 0.296 e. The van der Waals surface area contributed by atoms with Gasteiger partial charge in [0.25, 0.3) is 20.2 Å². The quantitative estimate of drug-likeness (QED) is 0.268. The third-order valence-corrected chi connectivity index (χ3v) is 7.84. The van der Waals surface area contributed by atoms with E-state index in [9.17, 15) is 34.7 Å². The lowest BCUT2D eigenvalue weighted by Crippen LogP contribution is -2.57. The van der Waals surface area contributed by atoms with Gasteiger partial charge in [-0.3, -0.25) is 13.7 Å². The van der Waals surface area contributed by atoms with Crippen molar-refractivity contribution in [3.63, 3.8) is 0 Å². The molecule has 35 heavy (non-hydrogen) atoms. The fourth-order valence-corrected chi connectivity index (χ4v) is 5.29. The Labute approximate surface area is 205 Å². The molecule has 15 nitrogen and oxygen atoms in total. The third kappa shape index (κ3) is 6.21. The van der Waals surface area contributed by atoms with E-state index in [0.29, 0.717) is 0 Å². The van der Waals surface area contributed by atoms with Crippen LogP contribution in [-0.4, -0.2) is 93.2 Å². The van der Waals surface area contributed by atoms with E-state index in [1.807, 2.05) is 6.92 Å². The zero-order chi connectivity index (χ0) is 26.3. The molecule has 0 aliphatic carbocycles. The summed E-state index contributed by atoms with van der Waals surface area (Å²) in [4.78, 5) is 15.0. The first-order valence-electron chi connectivity index (χ1n) is 10.0. The maximum absolute atomic E-state index is 11.8. The number of nitrogens with zero attached hydrogens (tertiary/aromatic N) is 6. The smallest absolute Gasteiger partial charge is 0.296 e. The molecule has 18 heteroatoms. The summed E-state index contributed by atoms with van der Waals surface area (Å²) in [6.07, 6.45) is 0. The number of piperazine rings is 1. The number of anilines is 4. The van der Waals surface area contributed by atoms with Crippen LogP contribution < -0.4 is 15.1 Å². The maximum atomic E-state index is 11.8. The molecule has 194 valence electrons. The topological polar surface area (TPSA) is 206 Å². The van der Waals surface area contributed by atoms with E-state index in [4.69, 9.17) is 0 Å². The van der Waals surface area contributed by atoms with Gasteiger partial charge in [0.15, 0.2) is 0 Å². The molecule has 0 amide bonds. The largest absolute Gasteiger partial charge is 0.347 e. The Balaban J connectivity index is 2.09. The van der Waals surface area contributed by atoms with Gasteiger partial charge in [0.1, 0.15) is 4.90 Å². The van der Waals surface area contributed by atoms with Crippen molar-refractivity contribution in [3.8, 4) is 0 Å². The highest BCUT2D eigenvalue weighted by molar-refractivity contribution is 7.86. The molecule has 3 rings (SSSR count). The molecule has 4 N–H and O–H groups in total. The van der Waals surface area contributed by atoms with Crippen LogP contribution in [0.25, 0.3) is 0 Å². The Morgan fingerprint density at radius 1 is 1.03 bits per heavy atom. The van der Waals surface area contributed by atoms with E-state index >= 15 is 0 Å². The molecule has 3 atom stereocenters. The molecular formula is C17H25N7O8S3. The summed E-state index contributed by atoms with van der Waals surface area (Å²) in [5, 5.41) is 2.59. The molecule has 1 fully saturated rings. The van der Waals surface area contributed by atoms with Gasteiger partial charge in [-0.25, -0.2) is 4.21 Å². The number of rotatable bonds is 7. The van der Waals surface area contributed by atoms with E-state index in [1.54, 1.807) is 30.8 Å². The molecule has 1 aromatic carbocycles. The summed E-state index contributed by atoms with van der Waals surface area (Å²) in [7, 11) is -6.17. The van der Waals surface area contributed by atoms with Crippen LogP contribution in [0.4, 0.5) is 23.5 Å². The lowest BCUT2D eigenvalue weighted by atomic mass is 10.1. The second-order valence-corrected chi connectivity index (χ2v) is 11.8. The Bertz CT molecular complexity index is 1350. The molecule has 1 aliphatic heterocycles. The molecule has 0 saturated carbocycles. The van der Waals surface area contributed by atoms with E-state index in [2.05, 4.69) is 20.3 Å². The Kier molecular flexibility index (Phi) is 7.65. The van der Waals surface area contributed by atoms with Crippen molar-refractivity contribution >= 4 is 55.0 Å². The number of benzene rings is 1. The number of hydrogen-bond acceptors (Lipinski definition) is 11. The van der Waals surface area contributed by atoms with E-state index in [0.717, 1.165) is 18.2 Å². The van der Waals surface area contributed by atoms with Gasteiger partial charge < -0.3 is 15.1 Å². The van der Waals surface area contributed by atoms with Crippen molar-refractivity contribution in [1.82, 2.24) is 19.3 Å². The van der Waals surface area contributed by atoms with E-state index in [1.165, 1.54) is 4.31 Å². The van der Waals surface area contributed by atoms with Gasteiger partial charge in [0.05, 0.1) is 10.6 Å². The van der Waals surface area contributed by atoms with Crippen molar-refractivity contribution < 1.29 is 34.7 Å². The Hall–Kier alpha value is -2.48. The number of nitrogens with one attached hydrogen (secondary N) is 1. The number of aromatic nitrogens is 3. The van der Waals surface area contributed by atoms with Gasteiger partial charge >= 0.3 is 0 Å². The normalized spacial score (nSPS) is 20.5. The van der Waals surface area contributed by atoms with Crippen molar-refractivity contribution in [3.05, 3.63) is 18.2 Å². The van der Waals surface area contributed by atoms with Crippen LogP contribution in [0.5, 0.6) is 0 Å². The highest BCUT2D eigenvalue weighted by Gasteiger charge is 2.34. The average Bonchev–Trinajstić information content (AvgIpc) is 2.73. The van der Waals surface area contributed by atoms with Gasteiger partial charge in [0, 0.05) is 39.3 Å². The van der Waals surface area contributed by atoms with Crippen LogP contribution in [0.15, 0.2) is 28.0 Å². The van der Waals surface area contributed by atoms with Gasteiger partial charge in [-0.2, -0.15) is 36.1 Å². The van der Waals surface area contributed by atoms with Crippen LogP contribution >= 0.6 is 0 Å². The third-order valence-electron chi connectivity index (χ3n) is 5.17. The molecule has 3 unspecified atom stereocenters. The predicted molar refractivity (Wildman–Crippen MR) is 127 cm³/mol. The second-order valence-electron chi connectivity index (χ2n) is 8.07. The first-order chi connectivity index (χ1) is 16.1. The highest BCUT2D eigenvalue weighted by atomic mass is 32.2.